The third-order valence-corrected chi connectivity index (χ3v) is 4.08. The molecule has 2 aromatic carbocycles. The molecule has 6 heteroatoms. The Kier molecular flexibility index (Phi) is 6.95. The van der Waals surface area contributed by atoms with Crippen LogP contribution in [-0.2, 0) is 16.0 Å². The number of amides is 2. The fraction of sp³-hybridized carbons (Fsp3) is 0.263. The summed E-state index contributed by atoms with van der Waals surface area (Å²) in [6.45, 7) is 1.56. The number of rotatable bonds is 7. The SMILES string of the molecule is CC(NC(=O)CCCc1ccccc1Cl)C(=O)Nc1ccccc1F. The average Bonchev–Trinajstić information content (AvgIpc) is 2.58. The zero-order chi connectivity index (χ0) is 18.2. The minimum Gasteiger partial charge on any atom is -0.345 e. The van der Waals surface area contributed by atoms with Crippen molar-refractivity contribution in [1.29, 1.82) is 0 Å². The van der Waals surface area contributed by atoms with Gasteiger partial charge in [-0.2, -0.15) is 0 Å². The van der Waals surface area contributed by atoms with Crippen LogP contribution in [0.1, 0.15) is 25.3 Å². The molecule has 4 nitrogen and oxygen atoms in total. The summed E-state index contributed by atoms with van der Waals surface area (Å²) < 4.78 is 13.5. The highest BCUT2D eigenvalue weighted by Crippen LogP contribution is 2.17. The fourth-order valence-electron chi connectivity index (χ4n) is 2.32. The van der Waals surface area contributed by atoms with Gasteiger partial charge in [0.25, 0.3) is 0 Å². The molecular formula is C19H20ClFN2O2. The molecule has 132 valence electrons. The second-order valence-electron chi connectivity index (χ2n) is 5.70. The van der Waals surface area contributed by atoms with Gasteiger partial charge in [-0.1, -0.05) is 41.9 Å². The molecule has 2 N–H and O–H groups in total. The molecule has 25 heavy (non-hydrogen) atoms. The predicted molar refractivity (Wildman–Crippen MR) is 97.0 cm³/mol. The van der Waals surface area contributed by atoms with Crippen molar-refractivity contribution < 1.29 is 14.0 Å². The first-order valence-electron chi connectivity index (χ1n) is 8.05. The molecule has 0 bridgehead atoms. The molecular weight excluding hydrogens is 343 g/mol. The van der Waals surface area contributed by atoms with Crippen LogP contribution in [0, 0.1) is 5.82 Å². The third-order valence-electron chi connectivity index (χ3n) is 3.71. The quantitative estimate of drug-likeness (QED) is 0.783. The van der Waals surface area contributed by atoms with Crippen LogP contribution in [0.2, 0.25) is 5.02 Å². The van der Waals surface area contributed by atoms with E-state index in [4.69, 9.17) is 11.6 Å². The summed E-state index contributed by atoms with van der Waals surface area (Å²) in [5, 5.41) is 5.75. The number of hydrogen-bond acceptors (Lipinski definition) is 2. The molecule has 1 unspecified atom stereocenters. The number of aryl methyl sites for hydroxylation is 1. The molecule has 2 aromatic rings. The minimum atomic E-state index is -0.757. The number of hydrogen-bond donors (Lipinski definition) is 2. The van der Waals surface area contributed by atoms with E-state index in [0.29, 0.717) is 17.9 Å². The van der Waals surface area contributed by atoms with Crippen LogP contribution in [-0.4, -0.2) is 17.9 Å². The van der Waals surface area contributed by atoms with E-state index < -0.39 is 17.8 Å². The first-order chi connectivity index (χ1) is 12.0. The zero-order valence-electron chi connectivity index (χ0n) is 13.9. The summed E-state index contributed by atoms with van der Waals surface area (Å²) in [5.74, 6) is -1.22. The van der Waals surface area contributed by atoms with Crippen molar-refractivity contribution in [3.63, 3.8) is 0 Å². The number of carbonyl (C=O) groups is 2. The van der Waals surface area contributed by atoms with E-state index in [1.807, 2.05) is 24.3 Å². The zero-order valence-corrected chi connectivity index (χ0v) is 14.6. The van der Waals surface area contributed by atoms with Crippen molar-refractivity contribution in [2.45, 2.75) is 32.2 Å². The van der Waals surface area contributed by atoms with Crippen LogP contribution < -0.4 is 10.6 Å². The Morgan fingerprint density at radius 1 is 1.12 bits per heavy atom. The predicted octanol–water partition coefficient (Wildman–Crippen LogP) is 3.95. The second kappa shape index (κ2) is 9.18. The number of anilines is 1. The van der Waals surface area contributed by atoms with Gasteiger partial charge in [-0.05, 0) is 43.5 Å². The van der Waals surface area contributed by atoms with Gasteiger partial charge in [0.15, 0.2) is 0 Å². The van der Waals surface area contributed by atoms with Gasteiger partial charge in [0.2, 0.25) is 11.8 Å². The number of nitrogens with one attached hydrogen (secondary N) is 2. The van der Waals surface area contributed by atoms with Crippen LogP contribution in [0.4, 0.5) is 10.1 Å². The standard InChI is InChI=1S/C19H20ClFN2O2/c1-13(19(25)23-17-11-5-4-10-16(17)21)22-18(24)12-6-8-14-7-2-3-9-15(14)20/h2-5,7,9-11,13H,6,8,12H2,1H3,(H,22,24)(H,23,25). The van der Waals surface area contributed by atoms with Crippen molar-refractivity contribution in [2.24, 2.45) is 0 Å². The summed E-state index contributed by atoms with van der Waals surface area (Å²) >= 11 is 6.07. The molecule has 0 spiro atoms. The van der Waals surface area contributed by atoms with Crippen molar-refractivity contribution in [2.75, 3.05) is 5.32 Å². The number of benzene rings is 2. The number of halogens is 2. The molecule has 0 aromatic heterocycles. The lowest BCUT2D eigenvalue weighted by molar-refractivity contribution is -0.126. The number of carbonyl (C=O) groups excluding carboxylic acids is 2. The third kappa shape index (κ3) is 5.87. The van der Waals surface area contributed by atoms with Gasteiger partial charge in [0, 0.05) is 11.4 Å². The molecule has 2 amide bonds. The maximum atomic E-state index is 13.5. The van der Waals surface area contributed by atoms with E-state index in [0.717, 1.165) is 5.56 Å². The molecule has 0 aliphatic rings. The van der Waals surface area contributed by atoms with Crippen LogP contribution in [0.25, 0.3) is 0 Å². The maximum Gasteiger partial charge on any atom is 0.246 e. The fourth-order valence-corrected chi connectivity index (χ4v) is 2.55. The first-order valence-corrected chi connectivity index (χ1v) is 8.43. The number of para-hydroxylation sites is 1. The normalized spacial score (nSPS) is 11.6. The van der Waals surface area contributed by atoms with Crippen LogP contribution in [0.15, 0.2) is 48.5 Å². The van der Waals surface area contributed by atoms with Crippen molar-refractivity contribution in [3.05, 3.63) is 64.9 Å². The van der Waals surface area contributed by atoms with Crippen LogP contribution in [0.5, 0.6) is 0 Å². The van der Waals surface area contributed by atoms with Gasteiger partial charge in [-0.25, -0.2) is 4.39 Å². The lowest BCUT2D eigenvalue weighted by Gasteiger charge is -2.14. The highest BCUT2D eigenvalue weighted by Gasteiger charge is 2.16. The van der Waals surface area contributed by atoms with E-state index in [1.165, 1.54) is 18.2 Å². The lowest BCUT2D eigenvalue weighted by atomic mass is 10.1. The molecule has 0 saturated carbocycles. The van der Waals surface area contributed by atoms with E-state index in [9.17, 15) is 14.0 Å². The Labute approximate surface area is 151 Å². The summed E-state index contributed by atoms with van der Waals surface area (Å²) in [7, 11) is 0. The second-order valence-corrected chi connectivity index (χ2v) is 6.11. The Bertz CT molecular complexity index is 752. The topological polar surface area (TPSA) is 58.2 Å². The summed E-state index contributed by atoms with van der Waals surface area (Å²) in [6, 6.07) is 12.6. The van der Waals surface area contributed by atoms with E-state index >= 15 is 0 Å². The highest BCUT2D eigenvalue weighted by atomic mass is 35.5. The van der Waals surface area contributed by atoms with Gasteiger partial charge in [-0.15, -0.1) is 0 Å². The first kappa shape index (κ1) is 18.9. The monoisotopic (exact) mass is 362 g/mol. The average molecular weight is 363 g/mol. The largest absolute Gasteiger partial charge is 0.345 e. The molecule has 2 rings (SSSR count). The Morgan fingerprint density at radius 2 is 1.80 bits per heavy atom. The van der Waals surface area contributed by atoms with Gasteiger partial charge < -0.3 is 10.6 Å². The summed E-state index contributed by atoms with van der Waals surface area (Å²) in [5.41, 5.74) is 1.08. The molecule has 0 aliphatic carbocycles. The Balaban J connectivity index is 1.77. The van der Waals surface area contributed by atoms with Crippen molar-refractivity contribution in [1.82, 2.24) is 5.32 Å². The Hall–Kier alpha value is -2.40. The molecule has 1 atom stereocenters. The van der Waals surface area contributed by atoms with E-state index in [2.05, 4.69) is 10.6 Å². The van der Waals surface area contributed by atoms with Gasteiger partial charge in [0.05, 0.1) is 5.69 Å². The Morgan fingerprint density at radius 3 is 2.52 bits per heavy atom. The summed E-state index contributed by atoms with van der Waals surface area (Å²) in [6.07, 6.45) is 1.59. The molecule has 0 saturated heterocycles. The van der Waals surface area contributed by atoms with E-state index in [1.54, 1.807) is 13.0 Å². The molecule has 0 heterocycles. The van der Waals surface area contributed by atoms with Crippen molar-refractivity contribution in [3.8, 4) is 0 Å². The van der Waals surface area contributed by atoms with Gasteiger partial charge >= 0.3 is 0 Å². The van der Waals surface area contributed by atoms with Crippen LogP contribution in [0.3, 0.4) is 0 Å². The smallest absolute Gasteiger partial charge is 0.246 e. The van der Waals surface area contributed by atoms with Gasteiger partial charge in [0.1, 0.15) is 11.9 Å². The van der Waals surface area contributed by atoms with E-state index in [-0.39, 0.29) is 18.0 Å². The van der Waals surface area contributed by atoms with Crippen molar-refractivity contribution >= 4 is 29.1 Å². The molecule has 0 radical (unpaired) electrons. The highest BCUT2D eigenvalue weighted by molar-refractivity contribution is 6.31. The lowest BCUT2D eigenvalue weighted by Crippen LogP contribution is -2.41. The van der Waals surface area contributed by atoms with Gasteiger partial charge in [-0.3, -0.25) is 9.59 Å². The molecule has 0 fully saturated rings. The summed E-state index contributed by atoms with van der Waals surface area (Å²) in [4.78, 5) is 24.0. The minimum absolute atomic E-state index is 0.0901. The maximum absolute atomic E-state index is 13.5. The van der Waals surface area contributed by atoms with Crippen LogP contribution >= 0.6 is 11.6 Å². The molecule has 0 aliphatic heterocycles.